The largest absolute Gasteiger partial charge is 0.366 e. The molecular formula is C21H25N3S. The maximum absolute atomic E-state index is 9.53. The maximum Gasteiger partial charge on any atom is 0.101 e. The normalized spacial score (nSPS) is 23.5. The fraction of sp³-hybridized carbons (Fsp3) is 0.476. The van der Waals surface area contributed by atoms with E-state index in [1.54, 1.807) is 0 Å². The van der Waals surface area contributed by atoms with Crippen molar-refractivity contribution < 1.29 is 0 Å². The van der Waals surface area contributed by atoms with Crippen molar-refractivity contribution in [3.05, 3.63) is 51.2 Å². The average Bonchev–Trinajstić information content (AvgIpc) is 3.20. The lowest BCUT2D eigenvalue weighted by atomic mass is 9.92. The van der Waals surface area contributed by atoms with Gasteiger partial charge in [0.25, 0.3) is 0 Å². The van der Waals surface area contributed by atoms with Gasteiger partial charge in [-0.1, -0.05) is 6.07 Å². The van der Waals surface area contributed by atoms with Gasteiger partial charge in [0, 0.05) is 35.4 Å². The van der Waals surface area contributed by atoms with Crippen molar-refractivity contribution in [2.45, 2.75) is 39.3 Å². The summed E-state index contributed by atoms with van der Waals surface area (Å²) in [5, 5.41) is 9.53. The minimum Gasteiger partial charge on any atom is -0.366 e. The number of nitrogens with zero attached hydrogens (tertiary/aromatic N) is 3. The van der Waals surface area contributed by atoms with Crippen molar-refractivity contribution >= 4 is 17.0 Å². The zero-order valence-electron chi connectivity index (χ0n) is 15.0. The number of aryl methyl sites for hydroxylation is 2. The molecule has 0 N–H and O–H groups in total. The zero-order valence-corrected chi connectivity index (χ0v) is 15.9. The summed E-state index contributed by atoms with van der Waals surface area (Å²) in [6, 6.07) is 13.7. The minimum absolute atomic E-state index is 0.545. The molecule has 4 rings (SSSR count). The van der Waals surface area contributed by atoms with Crippen molar-refractivity contribution in [3.8, 4) is 6.07 Å². The second-order valence-electron chi connectivity index (χ2n) is 7.48. The first-order chi connectivity index (χ1) is 12.1. The molecule has 0 aliphatic carbocycles. The van der Waals surface area contributed by atoms with Crippen LogP contribution in [0.1, 0.15) is 33.7 Å². The number of likely N-dealkylation sites (tertiary alicyclic amines) is 1. The highest BCUT2D eigenvalue weighted by Crippen LogP contribution is 2.37. The molecule has 0 spiro atoms. The van der Waals surface area contributed by atoms with Gasteiger partial charge in [-0.05, 0) is 69.0 Å². The van der Waals surface area contributed by atoms with Crippen LogP contribution in [0, 0.1) is 31.1 Å². The maximum atomic E-state index is 9.53. The summed E-state index contributed by atoms with van der Waals surface area (Å²) >= 11 is 1.91. The molecule has 2 aliphatic heterocycles. The Hall–Kier alpha value is -1.83. The number of rotatable bonds is 3. The van der Waals surface area contributed by atoms with Gasteiger partial charge in [0.2, 0.25) is 0 Å². The molecule has 25 heavy (non-hydrogen) atoms. The number of fused-ring (bicyclic) bond motifs is 1. The van der Waals surface area contributed by atoms with Crippen LogP contribution in [-0.2, 0) is 6.54 Å². The summed E-state index contributed by atoms with van der Waals surface area (Å²) in [5.74, 6) is 0.772. The third-order valence-corrected chi connectivity index (χ3v) is 6.69. The van der Waals surface area contributed by atoms with Gasteiger partial charge < -0.3 is 4.90 Å². The van der Waals surface area contributed by atoms with Crippen LogP contribution >= 0.6 is 11.3 Å². The van der Waals surface area contributed by atoms with Gasteiger partial charge in [0.1, 0.15) is 6.07 Å². The smallest absolute Gasteiger partial charge is 0.101 e. The number of piperidine rings is 1. The molecule has 2 fully saturated rings. The molecule has 2 aliphatic rings. The van der Waals surface area contributed by atoms with E-state index in [4.69, 9.17) is 0 Å². The predicted molar refractivity (Wildman–Crippen MR) is 104 cm³/mol. The van der Waals surface area contributed by atoms with Gasteiger partial charge in [0.05, 0.1) is 11.3 Å². The molecule has 1 aromatic carbocycles. The van der Waals surface area contributed by atoms with E-state index < -0.39 is 0 Å². The standard InChI is InChI=1S/C21H25N3S/c1-15-3-5-18(12-22)20(11-15)24-10-8-17-7-9-23(14-21(17)24)13-19-6-4-16(2)25-19/h3-6,11,17,21H,7-10,13-14H2,1-2H3. The number of anilines is 1. The zero-order chi connectivity index (χ0) is 17.4. The van der Waals surface area contributed by atoms with Crippen molar-refractivity contribution in [3.63, 3.8) is 0 Å². The highest BCUT2D eigenvalue weighted by Gasteiger charge is 2.39. The lowest BCUT2D eigenvalue weighted by Gasteiger charge is -2.39. The van der Waals surface area contributed by atoms with Crippen LogP contribution in [0.15, 0.2) is 30.3 Å². The lowest BCUT2D eigenvalue weighted by Crippen LogP contribution is -2.48. The van der Waals surface area contributed by atoms with Crippen molar-refractivity contribution in [1.82, 2.24) is 4.90 Å². The number of benzene rings is 1. The van der Waals surface area contributed by atoms with E-state index in [1.807, 2.05) is 23.5 Å². The van der Waals surface area contributed by atoms with E-state index in [2.05, 4.69) is 47.9 Å². The summed E-state index contributed by atoms with van der Waals surface area (Å²) in [6.45, 7) is 8.75. The SMILES string of the molecule is Cc1ccc(C#N)c(N2CCC3CCN(Cc4ccc(C)s4)CC32)c1. The van der Waals surface area contributed by atoms with E-state index in [1.165, 1.54) is 34.7 Å². The van der Waals surface area contributed by atoms with E-state index in [9.17, 15) is 5.26 Å². The Morgan fingerprint density at radius 1 is 1.16 bits per heavy atom. The molecule has 130 valence electrons. The van der Waals surface area contributed by atoms with Gasteiger partial charge in [-0.3, -0.25) is 4.90 Å². The van der Waals surface area contributed by atoms with E-state index in [0.29, 0.717) is 6.04 Å². The number of hydrogen-bond acceptors (Lipinski definition) is 4. The fourth-order valence-electron chi connectivity index (χ4n) is 4.41. The highest BCUT2D eigenvalue weighted by atomic mass is 32.1. The van der Waals surface area contributed by atoms with Crippen LogP contribution in [0.3, 0.4) is 0 Å². The first-order valence-corrected chi connectivity index (χ1v) is 10.0. The topological polar surface area (TPSA) is 30.3 Å². The Bertz CT molecular complexity index is 804. The van der Waals surface area contributed by atoms with Gasteiger partial charge in [0.15, 0.2) is 0 Å². The van der Waals surface area contributed by atoms with Crippen molar-refractivity contribution in [2.75, 3.05) is 24.5 Å². The summed E-state index contributed by atoms with van der Waals surface area (Å²) < 4.78 is 0. The third-order valence-electron chi connectivity index (χ3n) is 5.71. The number of thiophene rings is 1. The Morgan fingerprint density at radius 3 is 2.76 bits per heavy atom. The predicted octanol–water partition coefficient (Wildman–Crippen LogP) is 4.34. The molecular weight excluding hydrogens is 326 g/mol. The molecule has 0 radical (unpaired) electrons. The van der Waals surface area contributed by atoms with Crippen LogP contribution in [0.2, 0.25) is 0 Å². The molecule has 2 aromatic rings. The molecule has 2 saturated heterocycles. The fourth-order valence-corrected chi connectivity index (χ4v) is 5.35. The second-order valence-corrected chi connectivity index (χ2v) is 8.85. The summed E-state index contributed by atoms with van der Waals surface area (Å²) in [4.78, 5) is 7.98. The highest BCUT2D eigenvalue weighted by molar-refractivity contribution is 7.11. The summed E-state index contributed by atoms with van der Waals surface area (Å²) in [6.07, 6.45) is 2.54. The minimum atomic E-state index is 0.545. The summed E-state index contributed by atoms with van der Waals surface area (Å²) in [5.41, 5.74) is 3.19. The molecule has 3 heterocycles. The van der Waals surface area contributed by atoms with Crippen LogP contribution in [0.5, 0.6) is 0 Å². The van der Waals surface area contributed by atoms with Crippen LogP contribution < -0.4 is 4.90 Å². The van der Waals surface area contributed by atoms with Crippen molar-refractivity contribution in [1.29, 1.82) is 5.26 Å². The van der Waals surface area contributed by atoms with E-state index in [-0.39, 0.29) is 0 Å². The van der Waals surface area contributed by atoms with Gasteiger partial charge in [-0.15, -0.1) is 11.3 Å². The van der Waals surface area contributed by atoms with Crippen LogP contribution in [-0.4, -0.2) is 30.6 Å². The second kappa shape index (κ2) is 6.82. The van der Waals surface area contributed by atoms with E-state index >= 15 is 0 Å². The van der Waals surface area contributed by atoms with Gasteiger partial charge >= 0.3 is 0 Å². The molecule has 2 atom stereocenters. The Morgan fingerprint density at radius 2 is 2.00 bits per heavy atom. The molecule has 0 bridgehead atoms. The Balaban J connectivity index is 1.54. The van der Waals surface area contributed by atoms with Crippen LogP contribution in [0.4, 0.5) is 5.69 Å². The van der Waals surface area contributed by atoms with Crippen LogP contribution in [0.25, 0.3) is 0 Å². The Kier molecular flexibility index (Phi) is 4.54. The van der Waals surface area contributed by atoms with E-state index in [0.717, 1.165) is 36.8 Å². The molecule has 4 heteroatoms. The van der Waals surface area contributed by atoms with Crippen molar-refractivity contribution in [2.24, 2.45) is 5.92 Å². The molecule has 3 nitrogen and oxygen atoms in total. The third kappa shape index (κ3) is 3.31. The van der Waals surface area contributed by atoms with Gasteiger partial charge in [-0.2, -0.15) is 5.26 Å². The molecule has 2 unspecified atom stereocenters. The average molecular weight is 352 g/mol. The monoisotopic (exact) mass is 351 g/mol. The number of nitriles is 1. The Labute approximate surface area is 154 Å². The number of hydrogen-bond donors (Lipinski definition) is 0. The lowest BCUT2D eigenvalue weighted by molar-refractivity contribution is 0.169. The molecule has 0 amide bonds. The molecule has 1 aromatic heterocycles. The summed E-state index contributed by atoms with van der Waals surface area (Å²) in [7, 11) is 0. The van der Waals surface area contributed by atoms with Gasteiger partial charge in [-0.25, -0.2) is 0 Å². The quantitative estimate of drug-likeness (QED) is 0.824. The first-order valence-electron chi connectivity index (χ1n) is 9.19. The molecule has 0 saturated carbocycles. The first kappa shape index (κ1) is 16.6.